The second-order valence-electron chi connectivity index (χ2n) is 7.47. The maximum Gasteiger partial charge on any atom is 0.410 e. The molecule has 1 aliphatic heterocycles. The Labute approximate surface area is 147 Å². The van der Waals surface area contributed by atoms with Crippen LogP contribution in [0.25, 0.3) is 0 Å². The first-order chi connectivity index (χ1) is 11.8. The number of methoxy groups -OCH3 is 1. The zero-order valence-corrected chi connectivity index (χ0v) is 15.2. The van der Waals surface area contributed by atoms with Crippen molar-refractivity contribution in [2.45, 2.75) is 51.3 Å². The van der Waals surface area contributed by atoms with E-state index in [1.165, 1.54) is 7.11 Å². The van der Waals surface area contributed by atoms with Gasteiger partial charge in [0.05, 0.1) is 25.0 Å². The molecule has 0 spiro atoms. The molecular formula is C18H25N3O4. The van der Waals surface area contributed by atoms with Gasteiger partial charge in [-0.05, 0) is 45.7 Å². The SMILES string of the molecule is COC(=O)c1ccc(N2CCN(C(=O)OC(C)(C)C)[C@@H]3CC[C@@H]32)cn1. The predicted octanol–water partition coefficient (Wildman–Crippen LogP) is 2.46. The summed E-state index contributed by atoms with van der Waals surface area (Å²) in [7, 11) is 1.34. The molecule has 0 radical (unpaired) electrons. The minimum Gasteiger partial charge on any atom is -0.464 e. The number of carbonyl (C=O) groups is 2. The minimum absolute atomic E-state index is 0.170. The number of piperazine rings is 1. The Morgan fingerprint density at radius 1 is 1.16 bits per heavy atom. The predicted molar refractivity (Wildman–Crippen MR) is 92.7 cm³/mol. The molecule has 0 unspecified atom stereocenters. The smallest absolute Gasteiger partial charge is 0.410 e. The fourth-order valence-electron chi connectivity index (χ4n) is 3.39. The van der Waals surface area contributed by atoms with Crippen LogP contribution in [-0.2, 0) is 9.47 Å². The Kier molecular flexibility index (Phi) is 4.58. The summed E-state index contributed by atoms with van der Waals surface area (Å²) in [5.41, 5.74) is 0.774. The molecule has 7 heteroatoms. The molecule has 136 valence electrons. The summed E-state index contributed by atoms with van der Waals surface area (Å²) in [6, 6.07) is 4.00. The first-order valence-electron chi connectivity index (χ1n) is 8.61. The van der Waals surface area contributed by atoms with Crippen molar-refractivity contribution in [1.82, 2.24) is 9.88 Å². The molecule has 1 amide bonds. The maximum atomic E-state index is 12.4. The number of pyridine rings is 1. The van der Waals surface area contributed by atoms with Crippen molar-refractivity contribution in [1.29, 1.82) is 0 Å². The zero-order chi connectivity index (χ0) is 18.2. The molecule has 2 heterocycles. The van der Waals surface area contributed by atoms with Gasteiger partial charge in [0, 0.05) is 19.1 Å². The van der Waals surface area contributed by atoms with Crippen LogP contribution in [-0.4, -0.2) is 59.8 Å². The van der Waals surface area contributed by atoms with Crippen molar-refractivity contribution < 1.29 is 19.1 Å². The summed E-state index contributed by atoms with van der Waals surface area (Å²) in [5.74, 6) is -0.442. The molecule has 1 aromatic rings. The number of fused-ring (bicyclic) bond motifs is 1. The lowest BCUT2D eigenvalue weighted by molar-refractivity contribution is -0.00447. The fraction of sp³-hybridized carbons (Fsp3) is 0.611. The van der Waals surface area contributed by atoms with Gasteiger partial charge in [-0.3, -0.25) is 0 Å². The molecular weight excluding hydrogens is 322 g/mol. The van der Waals surface area contributed by atoms with Gasteiger partial charge in [-0.1, -0.05) is 0 Å². The number of anilines is 1. The molecule has 2 aliphatic rings. The minimum atomic E-state index is -0.485. The van der Waals surface area contributed by atoms with Crippen LogP contribution in [0.5, 0.6) is 0 Å². The van der Waals surface area contributed by atoms with Crippen molar-refractivity contribution in [3.05, 3.63) is 24.0 Å². The zero-order valence-electron chi connectivity index (χ0n) is 15.2. The van der Waals surface area contributed by atoms with Crippen LogP contribution in [0.3, 0.4) is 0 Å². The normalized spacial score (nSPS) is 22.7. The van der Waals surface area contributed by atoms with Gasteiger partial charge in [-0.15, -0.1) is 0 Å². The third-order valence-corrected chi connectivity index (χ3v) is 4.69. The Bertz CT molecular complexity index is 653. The summed E-state index contributed by atoms with van der Waals surface area (Å²) in [5, 5.41) is 0. The first-order valence-corrected chi connectivity index (χ1v) is 8.61. The highest BCUT2D eigenvalue weighted by Crippen LogP contribution is 2.37. The van der Waals surface area contributed by atoms with Gasteiger partial charge in [0.2, 0.25) is 0 Å². The molecule has 0 aromatic carbocycles. The fourth-order valence-corrected chi connectivity index (χ4v) is 3.39. The van der Waals surface area contributed by atoms with Crippen molar-refractivity contribution in [2.24, 2.45) is 0 Å². The third-order valence-electron chi connectivity index (χ3n) is 4.69. The molecule has 1 aromatic heterocycles. The topological polar surface area (TPSA) is 72.0 Å². The number of nitrogens with zero attached hydrogens (tertiary/aromatic N) is 3. The van der Waals surface area contributed by atoms with Crippen LogP contribution in [0.2, 0.25) is 0 Å². The number of rotatable bonds is 2. The number of ether oxygens (including phenoxy) is 2. The Morgan fingerprint density at radius 2 is 1.88 bits per heavy atom. The molecule has 1 saturated heterocycles. The van der Waals surface area contributed by atoms with Crippen molar-refractivity contribution in [3.63, 3.8) is 0 Å². The molecule has 7 nitrogen and oxygen atoms in total. The quantitative estimate of drug-likeness (QED) is 0.765. The van der Waals surface area contributed by atoms with E-state index in [9.17, 15) is 9.59 Å². The van der Waals surface area contributed by atoms with E-state index < -0.39 is 11.6 Å². The molecule has 25 heavy (non-hydrogen) atoms. The third kappa shape index (κ3) is 3.55. The first kappa shape index (κ1) is 17.5. The average Bonchev–Trinajstić information content (AvgIpc) is 2.53. The van der Waals surface area contributed by atoms with Crippen LogP contribution in [0.15, 0.2) is 18.3 Å². The van der Waals surface area contributed by atoms with Gasteiger partial charge in [0.25, 0.3) is 0 Å². The summed E-state index contributed by atoms with van der Waals surface area (Å²) in [6.45, 7) is 6.99. The Morgan fingerprint density at radius 3 is 2.40 bits per heavy atom. The van der Waals surface area contributed by atoms with E-state index in [0.717, 1.165) is 25.1 Å². The second kappa shape index (κ2) is 6.54. The van der Waals surface area contributed by atoms with E-state index in [1.807, 2.05) is 31.7 Å². The molecule has 1 saturated carbocycles. The number of hydrogen-bond donors (Lipinski definition) is 0. The summed E-state index contributed by atoms with van der Waals surface area (Å²) < 4.78 is 10.2. The number of carbonyl (C=O) groups excluding carboxylic acids is 2. The van der Waals surface area contributed by atoms with Crippen molar-refractivity contribution in [3.8, 4) is 0 Å². The summed E-state index contributed by atoms with van der Waals surface area (Å²) in [4.78, 5) is 32.2. The second-order valence-corrected chi connectivity index (χ2v) is 7.47. The Hall–Kier alpha value is -2.31. The molecule has 2 atom stereocenters. The van der Waals surface area contributed by atoms with Gasteiger partial charge >= 0.3 is 12.1 Å². The van der Waals surface area contributed by atoms with Crippen LogP contribution in [0.4, 0.5) is 10.5 Å². The van der Waals surface area contributed by atoms with E-state index in [0.29, 0.717) is 12.2 Å². The van der Waals surface area contributed by atoms with Gasteiger partial charge in [-0.2, -0.15) is 0 Å². The summed E-state index contributed by atoms with van der Waals surface area (Å²) >= 11 is 0. The van der Waals surface area contributed by atoms with Crippen LogP contribution >= 0.6 is 0 Å². The average molecular weight is 347 g/mol. The van der Waals surface area contributed by atoms with E-state index in [1.54, 1.807) is 12.3 Å². The molecule has 3 rings (SSSR count). The number of hydrogen-bond acceptors (Lipinski definition) is 6. The Balaban J connectivity index is 1.69. The maximum absolute atomic E-state index is 12.4. The van der Waals surface area contributed by atoms with Crippen molar-refractivity contribution in [2.75, 3.05) is 25.1 Å². The molecule has 2 fully saturated rings. The lowest BCUT2D eigenvalue weighted by Crippen LogP contribution is -2.66. The highest BCUT2D eigenvalue weighted by molar-refractivity contribution is 5.87. The van der Waals surface area contributed by atoms with Gasteiger partial charge in [0.15, 0.2) is 0 Å². The van der Waals surface area contributed by atoms with Gasteiger partial charge in [0.1, 0.15) is 11.3 Å². The van der Waals surface area contributed by atoms with Gasteiger partial charge in [-0.25, -0.2) is 14.6 Å². The van der Waals surface area contributed by atoms with Crippen molar-refractivity contribution >= 4 is 17.7 Å². The summed E-state index contributed by atoms with van der Waals surface area (Å²) in [6.07, 6.45) is 3.47. The van der Waals surface area contributed by atoms with Crippen LogP contribution in [0.1, 0.15) is 44.1 Å². The monoisotopic (exact) mass is 347 g/mol. The molecule has 1 aliphatic carbocycles. The van der Waals surface area contributed by atoms with Gasteiger partial charge < -0.3 is 19.3 Å². The molecule has 0 N–H and O–H groups in total. The number of esters is 1. The van der Waals surface area contributed by atoms with E-state index in [-0.39, 0.29) is 18.2 Å². The number of aromatic nitrogens is 1. The number of amides is 1. The van der Waals surface area contributed by atoms with E-state index in [4.69, 9.17) is 4.74 Å². The standard InChI is InChI=1S/C18H25N3O4/c1-18(2,3)25-17(23)21-10-9-20(14-7-8-15(14)21)12-5-6-13(19-11-12)16(22)24-4/h5-6,11,14-15H,7-10H2,1-4H3/t14-,15+/m0/s1. The van der Waals surface area contributed by atoms with E-state index >= 15 is 0 Å². The lowest BCUT2D eigenvalue weighted by atomic mass is 9.81. The highest BCUT2D eigenvalue weighted by Gasteiger charge is 2.46. The molecule has 0 bridgehead atoms. The van der Waals surface area contributed by atoms with Crippen LogP contribution < -0.4 is 4.90 Å². The largest absolute Gasteiger partial charge is 0.464 e. The highest BCUT2D eigenvalue weighted by atomic mass is 16.6. The van der Waals surface area contributed by atoms with Crippen LogP contribution in [0, 0.1) is 0 Å². The van der Waals surface area contributed by atoms with E-state index in [2.05, 4.69) is 14.6 Å². The lowest BCUT2D eigenvalue weighted by Gasteiger charge is -2.54.